The monoisotopic (exact) mass is 364 g/mol. The molecule has 2 aromatic carbocycles. The molecule has 0 spiro atoms. The van der Waals surface area contributed by atoms with Gasteiger partial charge in [0.05, 0.1) is 5.69 Å². The Bertz CT molecular complexity index is 874. The Balaban J connectivity index is 1.33. The van der Waals surface area contributed by atoms with Crippen LogP contribution in [0, 0.1) is 0 Å². The lowest BCUT2D eigenvalue weighted by Gasteiger charge is -2.14. The van der Waals surface area contributed by atoms with Gasteiger partial charge in [-0.1, -0.05) is 42.5 Å². The van der Waals surface area contributed by atoms with Crippen LogP contribution in [0.15, 0.2) is 65.0 Å². The lowest BCUT2D eigenvalue weighted by molar-refractivity contribution is 0.302. The van der Waals surface area contributed by atoms with Crippen LogP contribution in [-0.4, -0.2) is 24.0 Å². The van der Waals surface area contributed by atoms with Crippen molar-refractivity contribution in [3.63, 3.8) is 0 Å². The van der Waals surface area contributed by atoms with Gasteiger partial charge in [0.2, 0.25) is 0 Å². The molecule has 0 fully saturated rings. The lowest BCUT2D eigenvalue weighted by Crippen LogP contribution is -2.35. The van der Waals surface area contributed by atoms with E-state index < -0.39 is 0 Å². The van der Waals surface area contributed by atoms with Crippen LogP contribution in [0.5, 0.6) is 5.75 Å². The van der Waals surface area contributed by atoms with Gasteiger partial charge in [-0.25, -0.2) is 4.98 Å². The maximum Gasteiger partial charge on any atom is 0.197 e. The third-order valence-electron chi connectivity index (χ3n) is 4.02. The summed E-state index contributed by atoms with van der Waals surface area (Å²) in [6.07, 6.45) is 1.07. The van der Waals surface area contributed by atoms with Gasteiger partial charge in [-0.2, -0.15) is 0 Å². The summed E-state index contributed by atoms with van der Waals surface area (Å²) in [6, 6.07) is 18.5. The highest BCUT2D eigenvalue weighted by atomic mass is 32.1. The molecule has 3 aromatic rings. The molecule has 2 heterocycles. The van der Waals surface area contributed by atoms with E-state index in [-0.39, 0.29) is 0 Å². The van der Waals surface area contributed by atoms with Gasteiger partial charge >= 0.3 is 0 Å². The van der Waals surface area contributed by atoms with Gasteiger partial charge in [-0.15, -0.1) is 11.3 Å². The van der Waals surface area contributed by atoms with E-state index in [1.165, 1.54) is 11.1 Å². The third kappa shape index (κ3) is 4.21. The normalized spacial score (nSPS) is 13.6. The van der Waals surface area contributed by atoms with Gasteiger partial charge in [0.15, 0.2) is 11.1 Å². The van der Waals surface area contributed by atoms with Gasteiger partial charge in [0, 0.05) is 18.5 Å². The van der Waals surface area contributed by atoms with Crippen molar-refractivity contribution in [2.75, 3.05) is 18.4 Å². The molecular formula is C20H20N4OS. The summed E-state index contributed by atoms with van der Waals surface area (Å²) in [5.41, 5.74) is 3.29. The van der Waals surface area contributed by atoms with Crippen LogP contribution in [0.4, 0.5) is 5.13 Å². The third-order valence-corrected chi connectivity index (χ3v) is 4.83. The van der Waals surface area contributed by atoms with Crippen molar-refractivity contribution in [1.29, 1.82) is 0 Å². The smallest absolute Gasteiger partial charge is 0.197 e. The van der Waals surface area contributed by atoms with Gasteiger partial charge in [0.25, 0.3) is 0 Å². The molecule has 0 unspecified atom stereocenters. The molecule has 5 nitrogen and oxygen atoms in total. The highest BCUT2D eigenvalue weighted by Gasteiger charge is 2.08. The van der Waals surface area contributed by atoms with E-state index in [4.69, 9.17) is 4.74 Å². The molecule has 0 amide bonds. The molecule has 1 aromatic heterocycles. The summed E-state index contributed by atoms with van der Waals surface area (Å²) in [5, 5.41) is 9.28. The van der Waals surface area contributed by atoms with Crippen LogP contribution in [0.25, 0.3) is 11.1 Å². The topological polar surface area (TPSA) is 58.5 Å². The molecule has 132 valence electrons. The molecule has 0 radical (unpaired) electrons. The predicted octanol–water partition coefficient (Wildman–Crippen LogP) is 4.15. The number of hydrogen-bond acceptors (Lipinski definition) is 6. The second-order valence-electron chi connectivity index (χ2n) is 5.96. The summed E-state index contributed by atoms with van der Waals surface area (Å²) in [5.74, 6) is 1.64. The highest BCUT2D eigenvalue weighted by molar-refractivity contribution is 7.13. The van der Waals surface area contributed by atoms with Crippen molar-refractivity contribution in [2.24, 2.45) is 4.99 Å². The summed E-state index contributed by atoms with van der Waals surface area (Å²) < 4.78 is 5.86. The maximum atomic E-state index is 5.86. The van der Waals surface area contributed by atoms with E-state index in [0.29, 0.717) is 6.61 Å². The van der Waals surface area contributed by atoms with Crippen LogP contribution >= 0.6 is 11.3 Å². The fraction of sp³-hybridized carbons (Fsp3) is 0.200. The minimum atomic E-state index is 0.447. The first-order chi connectivity index (χ1) is 12.9. The molecule has 2 N–H and O–H groups in total. The minimum absolute atomic E-state index is 0.447. The van der Waals surface area contributed by atoms with Crippen molar-refractivity contribution >= 4 is 22.4 Å². The van der Waals surface area contributed by atoms with E-state index in [2.05, 4.69) is 44.9 Å². The van der Waals surface area contributed by atoms with Crippen molar-refractivity contribution in [1.82, 2.24) is 10.3 Å². The van der Waals surface area contributed by atoms with E-state index in [1.807, 2.05) is 35.7 Å². The number of nitrogens with zero attached hydrogens (tertiary/aromatic N) is 2. The summed E-state index contributed by atoms with van der Waals surface area (Å²) in [7, 11) is 0. The largest absolute Gasteiger partial charge is 0.487 e. The van der Waals surface area contributed by atoms with Gasteiger partial charge < -0.3 is 15.4 Å². The van der Waals surface area contributed by atoms with Crippen LogP contribution in [0.2, 0.25) is 0 Å². The molecule has 4 rings (SSSR count). The Morgan fingerprint density at radius 1 is 1.04 bits per heavy atom. The standard InChI is InChI=1S/C20H20N4OS/c1-2-5-15(6-3-1)16-7-9-18(10-8-16)25-13-17-14-26-20(23-17)24-19-21-11-4-12-22-19/h1-3,5-10,14H,4,11-13H2,(H2,21,22,23,24). The average molecular weight is 364 g/mol. The van der Waals surface area contributed by atoms with Crippen molar-refractivity contribution < 1.29 is 4.74 Å². The fourth-order valence-electron chi connectivity index (χ4n) is 2.68. The number of thiazole rings is 1. The average Bonchev–Trinajstić information content (AvgIpc) is 3.16. The van der Waals surface area contributed by atoms with Crippen molar-refractivity contribution in [2.45, 2.75) is 13.0 Å². The molecule has 1 aliphatic heterocycles. The summed E-state index contributed by atoms with van der Waals surface area (Å²) >= 11 is 1.56. The van der Waals surface area contributed by atoms with Crippen molar-refractivity contribution in [3.8, 4) is 16.9 Å². The Morgan fingerprint density at radius 3 is 2.62 bits per heavy atom. The zero-order chi connectivity index (χ0) is 17.6. The van der Waals surface area contributed by atoms with Crippen molar-refractivity contribution in [3.05, 3.63) is 65.7 Å². The van der Waals surface area contributed by atoms with Gasteiger partial charge in [0.1, 0.15) is 12.4 Å². The maximum absolute atomic E-state index is 5.86. The molecular weight excluding hydrogens is 344 g/mol. The van der Waals surface area contributed by atoms with E-state index in [1.54, 1.807) is 11.3 Å². The van der Waals surface area contributed by atoms with Crippen LogP contribution < -0.4 is 15.4 Å². The minimum Gasteiger partial charge on any atom is -0.487 e. The number of aromatic nitrogens is 1. The second-order valence-corrected chi connectivity index (χ2v) is 6.82. The summed E-state index contributed by atoms with van der Waals surface area (Å²) in [6.45, 7) is 2.25. The molecule has 1 aliphatic rings. The zero-order valence-corrected chi connectivity index (χ0v) is 15.1. The molecule has 26 heavy (non-hydrogen) atoms. The highest BCUT2D eigenvalue weighted by Crippen LogP contribution is 2.23. The number of ether oxygens (including phenoxy) is 1. The SMILES string of the molecule is c1ccc(-c2ccc(OCc3csc(NC4=NCCCN4)n3)cc2)cc1. The number of hydrogen-bond donors (Lipinski definition) is 2. The number of aliphatic imine (C=N–C) groups is 1. The van der Waals surface area contributed by atoms with Crippen LogP contribution in [0.3, 0.4) is 0 Å². The first-order valence-corrected chi connectivity index (χ1v) is 9.53. The number of nitrogens with one attached hydrogen (secondary N) is 2. The predicted molar refractivity (Wildman–Crippen MR) is 107 cm³/mol. The quantitative estimate of drug-likeness (QED) is 0.714. The van der Waals surface area contributed by atoms with E-state index >= 15 is 0 Å². The van der Waals surface area contributed by atoms with Gasteiger partial charge in [-0.3, -0.25) is 4.99 Å². The van der Waals surface area contributed by atoms with E-state index in [9.17, 15) is 0 Å². The summed E-state index contributed by atoms with van der Waals surface area (Å²) in [4.78, 5) is 8.94. The molecule has 0 saturated carbocycles. The van der Waals surface area contributed by atoms with Crippen LogP contribution in [0.1, 0.15) is 12.1 Å². The van der Waals surface area contributed by atoms with E-state index in [0.717, 1.165) is 42.0 Å². The molecule has 0 aliphatic carbocycles. The Labute approximate surface area is 156 Å². The Morgan fingerprint density at radius 2 is 1.85 bits per heavy atom. The first-order valence-electron chi connectivity index (χ1n) is 8.65. The van der Waals surface area contributed by atoms with Gasteiger partial charge in [-0.05, 0) is 29.7 Å². The second kappa shape index (κ2) is 8.01. The zero-order valence-electron chi connectivity index (χ0n) is 14.3. The molecule has 0 atom stereocenters. The Kier molecular flexibility index (Phi) is 5.12. The Hall–Kier alpha value is -2.86. The van der Waals surface area contributed by atoms with Crippen LogP contribution in [-0.2, 0) is 6.61 Å². The number of guanidine groups is 1. The first kappa shape index (κ1) is 16.6. The molecule has 0 bridgehead atoms. The number of anilines is 1. The lowest BCUT2D eigenvalue weighted by atomic mass is 10.1. The fourth-order valence-corrected chi connectivity index (χ4v) is 3.37. The number of rotatable bonds is 5. The molecule has 0 saturated heterocycles. The molecule has 6 heteroatoms. The number of benzene rings is 2.